The van der Waals surface area contributed by atoms with Gasteiger partial charge in [0.1, 0.15) is 0 Å². The van der Waals surface area contributed by atoms with Gasteiger partial charge in [0.05, 0.1) is 16.8 Å². The maximum absolute atomic E-state index is 12.4. The van der Waals surface area contributed by atoms with Crippen molar-refractivity contribution in [1.82, 2.24) is 16.1 Å². The third-order valence-corrected chi connectivity index (χ3v) is 5.11. The molecule has 1 fully saturated rings. The van der Waals surface area contributed by atoms with E-state index < -0.39 is 11.1 Å². The second-order valence-electron chi connectivity index (χ2n) is 7.02. The van der Waals surface area contributed by atoms with Gasteiger partial charge in [-0.3, -0.25) is 9.59 Å². The largest absolute Gasteiger partial charge is 0.365 e. The lowest BCUT2D eigenvalue weighted by molar-refractivity contribution is -0.525. The number of nitro groups is 1. The zero-order valence-electron chi connectivity index (χ0n) is 16.7. The van der Waals surface area contributed by atoms with Crippen LogP contribution in [0.1, 0.15) is 32.1 Å². The molecule has 1 aromatic carbocycles. The molecular weight excluding hydrogens is 449 g/mol. The molecule has 31 heavy (non-hydrogen) atoms. The van der Waals surface area contributed by atoms with Gasteiger partial charge in [0.15, 0.2) is 5.03 Å². The number of hydrazine groups is 1. The highest BCUT2D eigenvalue weighted by atomic mass is 35.5. The minimum atomic E-state index is -0.776. The summed E-state index contributed by atoms with van der Waals surface area (Å²) in [6, 6.07) is 4.23. The molecule has 2 rings (SSSR count). The number of benzene rings is 1. The van der Waals surface area contributed by atoms with E-state index in [4.69, 9.17) is 28.9 Å². The fraction of sp³-hybridized carbons (Fsp3) is 0.500. The van der Waals surface area contributed by atoms with Crippen molar-refractivity contribution in [2.75, 3.05) is 18.4 Å². The van der Waals surface area contributed by atoms with Crippen LogP contribution in [0.4, 0.5) is 5.69 Å². The third kappa shape index (κ3) is 8.95. The summed E-state index contributed by atoms with van der Waals surface area (Å²) < 4.78 is 0. The summed E-state index contributed by atoms with van der Waals surface area (Å²) in [5, 5.41) is 19.0. The van der Waals surface area contributed by atoms with E-state index in [0.29, 0.717) is 54.5 Å². The fourth-order valence-electron chi connectivity index (χ4n) is 3.06. The maximum Gasteiger partial charge on any atom is 0.251 e. The van der Waals surface area contributed by atoms with Gasteiger partial charge in [0.2, 0.25) is 11.8 Å². The van der Waals surface area contributed by atoms with Crippen molar-refractivity contribution in [3.8, 4) is 0 Å². The van der Waals surface area contributed by atoms with Crippen molar-refractivity contribution in [2.24, 2.45) is 10.7 Å². The van der Waals surface area contributed by atoms with Gasteiger partial charge in [-0.25, -0.2) is 15.1 Å². The van der Waals surface area contributed by atoms with Crippen LogP contribution in [0.25, 0.3) is 0 Å². The molecule has 170 valence electrons. The second kappa shape index (κ2) is 12.3. The molecule has 1 saturated heterocycles. The standard InChI is InChI=1S/C18H25Cl2N7O4/c19-11-5-6-13(20)14(8-11)25-17(29)15-9-12(10-23-15)24-16(28)4-2-1-3-7-22-18(21)26-27(30)31/h5-6,8,12,15,23H,1-4,7,9-10H2,(H,24,28)(H,25,29)(H3,21,22,26)/t12-,15-/m0/s1. The highest BCUT2D eigenvalue weighted by Crippen LogP contribution is 2.26. The van der Waals surface area contributed by atoms with Crippen LogP contribution in [-0.2, 0) is 9.59 Å². The molecule has 0 spiro atoms. The Bertz CT molecular complexity index is 837. The molecule has 1 aromatic rings. The number of nitrogens with two attached hydrogens (primary N) is 1. The summed E-state index contributed by atoms with van der Waals surface area (Å²) in [5.41, 5.74) is 7.50. The maximum atomic E-state index is 12.4. The van der Waals surface area contributed by atoms with Crippen molar-refractivity contribution in [2.45, 2.75) is 44.2 Å². The van der Waals surface area contributed by atoms with Gasteiger partial charge < -0.3 is 21.7 Å². The first-order chi connectivity index (χ1) is 14.7. The molecule has 0 saturated carbocycles. The Balaban J connectivity index is 1.63. The summed E-state index contributed by atoms with van der Waals surface area (Å²) in [6.45, 7) is 0.832. The van der Waals surface area contributed by atoms with Crippen LogP contribution in [0.2, 0.25) is 10.0 Å². The van der Waals surface area contributed by atoms with Crippen LogP contribution in [0.3, 0.4) is 0 Å². The number of nitrogens with zero attached hydrogens (tertiary/aromatic N) is 2. The van der Waals surface area contributed by atoms with Gasteiger partial charge in [-0.05, 0) is 37.5 Å². The molecule has 0 unspecified atom stereocenters. The lowest BCUT2D eigenvalue weighted by Gasteiger charge is -2.13. The van der Waals surface area contributed by atoms with E-state index in [1.165, 1.54) is 0 Å². The minimum Gasteiger partial charge on any atom is -0.365 e. The Morgan fingerprint density at radius 1 is 1.29 bits per heavy atom. The average Bonchev–Trinajstić information content (AvgIpc) is 3.15. The smallest absolute Gasteiger partial charge is 0.251 e. The molecule has 0 aliphatic carbocycles. The van der Waals surface area contributed by atoms with Crippen molar-refractivity contribution >= 4 is 46.7 Å². The Kier molecular flexibility index (Phi) is 9.76. The number of anilines is 1. The van der Waals surface area contributed by atoms with Gasteiger partial charge in [-0.1, -0.05) is 35.0 Å². The minimum absolute atomic E-state index is 0.0937. The molecule has 13 heteroatoms. The van der Waals surface area contributed by atoms with E-state index in [0.717, 1.165) is 6.42 Å². The van der Waals surface area contributed by atoms with Crippen LogP contribution < -0.4 is 27.1 Å². The van der Waals surface area contributed by atoms with Crippen molar-refractivity contribution < 1.29 is 14.6 Å². The highest BCUT2D eigenvalue weighted by Gasteiger charge is 2.30. The summed E-state index contributed by atoms with van der Waals surface area (Å²) in [7, 11) is 0. The zero-order valence-corrected chi connectivity index (χ0v) is 18.2. The first kappa shape index (κ1) is 24.6. The number of aliphatic imine (C=N–C) groups is 1. The predicted octanol–water partition coefficient (Wildman–Crippen LogP) is 1.44. The third-order valence-electron chi connectivity index (χ3n) is 4.55. The molecule has 1 heterocycles. The number of halogens is 2. The molecule has 0 radical (unpaired) electrons. The molecule has 1 aliphatic rings. The number of hydrogen-bond donors (Lipinski definition) is 5. The van der Waals surface area contributed by atoms with Crippen LogP contribution in [0.15, 0.2) is 23.2 Å². The lowest BCUT2D eigenvalue weighted by atomic mass is 10.1. The van der Waals surface area contributed by atoms with Crippen molar-refractivity contribution in [3.63, 3.8) is 0 Å². The van der Waals surface area contributed by atoms with E-state index in [-0.39, 0.29) is 23.8 Å². The topological polar surface area (TPSA) is 164 Å². The van der Waals surface area contributed by atoms with Gasteiger partial charge in [0, 0.05) is 30.6 Å². The van der Waals surface area contributed by atoms with E-state index >= 15 is 0 Å². The Labute approximate surface area is 189 Å². The molecule has 6 N–H and O–H groups in total. The number of carbonyl (C=O) groups is 2. The first-order valence-corrected chi connectivity index (χ1v) is 10.5. The van der Waals surface area contributed by atoms with Gasteiger partial charge >= 0.3 is 0 Å². The number of nitrogens with one attached hydrogen (secondary N) is 4. The van der Waals surface area contributed by atoms with Crippen LogP contribution in [0, 0.1) is 10.1 Å². The molecular formula is C18H25Cl2N7O4. The van der Waals surface area contributed by atoms with Crippen molar-refractivity contribution in [3.05, 3.63) is 38.4 Å². The zero-order chi connectivity index (χ0) is 22.8. The Morgan fingerprint density at radius 3 is 2.81 bits per heavy atom. The van der Waals surface area contributed by atoms with Gasteiger partial charge in [0.25, 0.3) is 5.96 Å². The van der Waals surface area contributed by atoms with E-state index in [1.54, 1.807) is 23.6 Å². The van der Waals surface area contributed by atoms with Gasteiger partial charge in [-0.2, -0.15) is 0 Å². The number of carbonyl (C=O) groups excluding carboxylic acids is 2. The Morgan fingerprint density at radius 2 is 2.06 bits per heavy atom. The van der Waals surface area contributed by atoms with E-state index in [9.17, 15) is 19.7 Å². The average molecular weight is 474 g/mol. The lowest BCUT2D eigenvalue weighted by Crippen LogP contribution is -2.36. The monoisotopic (exact) mass is 473 g/mol. The SMILES string of the molecule is NC(=NCCCCCC(=O)N[C@@H]1CN[C@H](C(=O)Nc2cc(Cl)ccc2Cl)C1)N[N+](=O)[O-]. The number of hydrogen-bond acceptors (Lipinski definition) is 6. The molecule has 2 atom stereocenters. The number of guanidine groups is 1. The normalized spacial score (nSPS) is 18.5. The summed E-state index contributed by atoms with van der Waals surface area (Å²) in [4.78, 5) is 38.5. The molecule has 1 aliphatic heterocycles. The molecule has 0 bridgehead atoms. The van der Waals surface area contributed by atoms with Gasteiger partial charge in [-0.15, -0.1) is 0 Å². The summed E-state index contributed by atoms with van der Waals surface area (Å²) in [6.07, 6.45) is 2.86. The highest BCUT2D eigenvalue weighted by molar-refractivity contribution is 6.35. The molecule has 11 nitrogen and oxygen atoms in total. The molecule has 0 aromatic heterocycles. The number of amides is 2. The van der Waals surface area contributed by atoms with E-state index in [1.807, 2.05) is 0 Å². The van der Waals surface area contributed by atoms with E-state index in [2.05, 4.69) is 20.9 Å². The first-order valence-electron chi connectivity index (χ1n) is 9.74. The molecule has 2 amide bonds. The number of unbranched alkanes of at least 4 members (excludes halogenated alkanes) is 2. The second-order valence-corrected chi connectivity index (χ2v) is 7.86. The summed E-state index contributed by atoms with van der Waals surface area (Å²) >= 11 is 12.0. The van der Waals surface area contributed by atoms with Crippen LogP contribution in [0.5, 0.6) is 0 Å². The number of rotatable bonds is 10. The fourth-order valence-corrected chi connectivity index (χ4v) is 3.40. The van der Waals surface area contributed by atoms with Crippen molar-refractivity contribution in [1.29, 1.82) is 0 Å². The summed E-state index contributed by atoms with van der Waals surface area (Å²) in [5.74, 6) is -0.580. The quantitative estimate of drug-likeness (QED) is 0.113. The predicted molar refractivity (Wildman–Crippen MR) is 119 cm³/mol. The van der Waals surface area contributed by atoms with Crippen LogP contribution in [-0.4, -0.2) is 48.0 Å². The van der Waals surface area contributed by atoms with Crippen LogP contribution >= 0.6 is 23.2 Å². The Hall–Kier alpha value is -2.63.